The molecule has 0 aliphatic rings. The second-order valence-corrected chi connectivity index (χ2v) is 6.70. The molecule has 0 spiro atoms. The minimum Gasteiger partial charge on any atom is -0.322 e. The Bertz CT molecular complexity index is 813. The van der Waals surface area contributed by atoms with Gasteiger partial charge in [0.15, 0.2) is 0 Å². The monoisotopic (exact) mass is 437 g/mol. The molecule has 1 N–H and O–H groups in total. The minimum absolute atomic E-state index is 0.125. The molecule has 3 rings (SSSR count). The number of nitrogens with one attached hydrogen (secondary N) is 1. The molecule has 0 radical (unpaired) electrons. The fourth-order valence-electron chi connectivity index (χ4n) is 2.11. The lowest BCUT2D eigenvalue weighted by Crippen LogP contribution is -2.12. The Morgan fingerprint density at radius 3 is 2.43 bits per heavy atom. The number of anilines is 1. The van der Waals surface area contributed by atoms with Crippen molar-refractivity contribution in [1.29, 1.82) is 0 Å². The van der Waals surface area contributed by atoms with Gasteiger partial charge in [-0.25, -0.2) is 0 Å². The Kier molecular flexibility index (Phi) is 4.97. The highest BCUT2D eigenvalue weighted by atomic mass is 127. The number of amides is 1. The van der Waals surface area contributed by atoms with E-state index in [0.29, 0.717) is 17.1 Å². The summed E-state index contributed by atoms with van der Waals surface area (Å²) in [5.41, 5.74) is 2.45. The zero-order chi connectivity index (χ0) is 16.2. The second kappa shape index (κ2) is 7.14. The van der Waals surface area contributed by atoms with E-state index < -0.39 is 0 Å². The predicted molar refractivity (Wildman–Crippen MR) is 99.9 cm³/mol. The van der Waals surface area contributed by atoms with E-state index >= 15 is 0 Å². The van der Waals surface area contributed by atoms with E-state index in [0.717, 1.165) is 14.8 Å². The number of hydrogen-bond acceptors (Lipinski definition) is 2. The molecule has 0 unspecified atom stereocenters. The minimum atomic E-state index is -0.125. The lowest BCUT2D eigenvalue weighted by molar-refractivity contribution is 0.102. The van der Waals surface area contributed by atoms with Crippen molar-refractivity contribution < 1.29 is 4.79 Å². The third-order valence-electron chi connectivity index (χ3n) is 3.26. The van der Waals surface area contributed by atoms with E-state index in [1.54, 1.807) is 17.1 Å². The van der Waals surface area contributed by atoms with Gasteiger partial charge in [-0.05, 0) is 64.6 Å². The maximum absolute atomic E-state index is 12.2. The van der Waals surface area contributed by atoms with Gasteiger partial charge in [0.25, 0.3) is 5.91 Å². The van der Waals surface area contributed by atoms with E-state index in [-0.39, 0.29) is 5.91 Å². The van der Waals surface area contributed by atoms with Crippen molar-refractivity contribution in [2.45, 2.75) is 6.54 Å². The number of benzene rings is 2. The van der Waals surface area contributed by atoms with Crippen molar-refractivity contribution >= 4 is 45.8 Å². The standard InChI is InChI=1S/C17H13ClIN3O/c18-14-9-20-22(11-14)10-12-1-3-13(4-2-12)17(23)21-16-7-5-15(19)6-8-16/h1-9,11H,10H2,(H,21,23). The zero-order valence-corrected chi connectivity index (χ0v) is 15.0. The summed E-state index contributed by atoms with van der Waals surface area (Å²) in [4.78, 5) is 12.2. The van der Waals surface area contributed by atoms with Gasteiger partial charge in [0.2, 0.25) is 0 Å². The molecule has 6 heteroatoms. The summed E-state index contributed by atoms with van der Waals surface area (Å²) in [6.45, 7) is 0.617. The molecule has 0 fully saturated rings. The number of aromatic nitrogens is 2. The molecule has 116 valence electrons. The van der Waals surface area contributed by atoms with Gasteiger partial charge >= 0.3 is 0 Å². The van der Waals surface area contributed by atoms with Crippen LogP contribution in [-0.4, -0.2) is 15.7 Å². The van der Waals surface area contributed by atoms with E-state index in [1.807, 2.05) is 48.5 Å². The van der Waals surface area contributed by atoms with E-state index in [9.17, 15) is 4.79 Å². The third kappa shape index (κ3) is 4.33. The Morgan fingerprint density at radius 2 is 1.83 bits per heavy atom. The van der Waals surface area contributed by atoms with Gasteiger partial charge in [-0.2, -0.15) is 5.10 Å². The molecule has 1 amide bonds. The Labute approximate surface area is 152 Å². The molecule has 0 saturated heterocycles. The topological polar surface area (TPSA) is 46.9 Å². The summed E-state index contributed by atoms with van der Waals surface area (Å²) in [6, 6.07) is 15.1. The van der Waals surface area contributed by atoms with Gasteiger partial charge in [-0.15, -0.1) is 0 Å². The highest BCUT2D eigenvalue weighted by Gasteiger charge is 2.06. The first-order chi connectivity index (χ1) is 11.1. The normalized spacial score (nSPS) is 10.5. The molecule has 0 aliphatic heterocycles. The van der Waals surface area contributed by atoms with Crippen LogP contribution in [0.3, 0.4) is 0 Å². The maximum atomic E-state index is 12.2. The lowest BCUT2D eigenvalue weighted by atomic mass is 10.1. The molecule has 0 atom stereocenters. The lowest BCUT2D eigenvalue weighted by Gasteiger charge is -2.07. The molecule has 0 bridgehead atoms. The SMILES string of the molecule is O=C(Nc1ccc(I)cc1)c1ccc(Cn2cc(Cl)cn2)cc1. The number of hydrogen-bond donors (Lipinski definition) is 1. The van der Waals surface area contributed by atoms with Crippen molar-refractivity contribution in [3.63, 3.8) is 0 Å². The van der Waals surface area contributed by atoms with Crippen LogP contribution in [0.25, 0.3) is 0 Å². The third-order valence-corrected chi connectivity index (χ3v) is 4.18. The van der Waals surface area contributed by atoms with Crippen molar-refractivity contribution in [2.24, 2.45) is 0 Å². The number of carbonyl (C=O) groups is 1. The molecule has 1 aromatic heterocycles. The first-order valence-corrected chi connectivity index (χ1v) is 8.40. The molecule has 0 aliphatic carbocycles. The predicted octanol–water partition coefficient (Wildman–Crippen LogP) is 4.44. The summed E-state index contributed by atoms with van der Waals surface area (Å²) in [5, 5.41) is 7.63. The summed E-state index contributed by atoms with van der Waals surface area (Å²) < 4.78 is 2.88. The largest absolute Gasteiger partial charge is 0.322 e. The van der Waals surface area contributed by atoms with Gasteiger partial charge in [0.05, 0.1) is 17.8 Å². The average Bonchev–Trinajstić information content (AvgIpc) is 2.95. The molecular formula is C17H13ClIN3O. The summed E-state index contributed by atoms with van der Waals surface area (Å²) >= 11 is 8.07. The van der Waals surface area contributed by atoms with Gasteiger partial charge in [0.1, 0.15) is 0 Å². The van der Waals surface area contributed by atoms with Crippen molar-refractivity contribution in [3.8, 4) is 0 Å². The maximum Gasteiger partial charge on any atom is 0.255 e. The van der Waals surface area contributed by atoms with Crippen LogP contribution >= 0.6 is 34.2 Å². The van der Waals surface area contributed by atoms with Crippen LogP contribution < -0.4 is 5.32 Å². The van der Waals surface area contributed by atoms with Crippen LogP contribution in [-0.2, 0) is 6.54 Å². The second-order valence-electron chi connectivity index (χ2n) is 5.01. The van der Waals surface area contributed by atoms with E-state index in [1.165, 1.54) is 0 Å². The van der Waals surface area contributed by atoms with Gasteiger partial charge < -0.3 is 5.32 Å². The quantitative estimate of drug-likeness (QED) is 0.613. The van der Waals surface area contributed by atoms with Crippen LogP contribution in [0.15, 0.2) is 60.9 Å². The van der Waals surface area contributed by atoms with Gasteiger partial charge in [-0.1, -0.05) is 23.7 Å². The van der Waals surface area contributed by atoms with E-state index in [4.69, 9.17) is 11.6 Å². The molecular weight excluding hydrogens is 425 g/mol. The summed E-state index contributed by atoms with van der Waals surface area (Å²) in [7, 11) is 0. The van der Waals surface area contributed by atoms with Crippen molar-refractivity contribution in [3.05, 3.63) is 80.6 Å². The fraction of sp³-hybridized carbons (Fsp3) is 0.0588. The molecule has 23 heavy (non-hydrogen) atoms. The Morgan fingerprint density at radius 1 is 1.13 bits per heavy atom. The summed E-state index contributed by atoms with van der Waals surface area (Å²) in [5.74, 6) is -0.125. The summed E-state index contributed by atoms with van der Waals surface area (Å²) in [6.07, 6.45) is 3.36. The zero-order valence-electron chi connectivity index (χ0n) is 12.0. The van der Waals surface area contributed by atoms with Gasteiger partial charge in [0, 0.05) is 21.0 Å². The van der Waals surface area contributed by atoms with Crippen LogP contribution in [0.4, 0.5) is 5.69 Å². The number of carbonyl (C=O) groups excluding carboxylic acids is 1. The van der Waals surface area contributed by atoms with Gasteiger partial charge in [-0.3, -0.25) is 9.48 Å². The van der Waals surface area contributed by atoms with Crippen molar-refractivity contribution in [2.75, 3.05) is 5.32 Å². The smallest absolute Gasteiger partial charge is 0.255 e. The molecule has 2 aromatic carbocycles. The fourth-order valence-corrected chi connectivity index (χ4v) is 2.63. The number of nitrogens with zero attached hydrogens (tertiary/aromatic N) is 2. The first kappa shape index (κ1) is 16.0. The number of halogens is 2. The Hall–Kier alpha value is -1.86. The first-order valence-electron chi connectivity index (χ1n) is 6.94. The molecule has 0 saturated carbocycles. The molecule has 4 nitrogen and oxygen atoms in total. The van der Waals surface area contributed by atoms with Crippen molar-refractivity contribution in [1.82, 2.24) is 9.78 Å². The Balaban J connectivity index is 1.66. The molecule has 1 heterocycles. The van der Waals surface area contributed by atoms with E-state index in [2.05, 4.69) is 33.0 Å². The highest BCUT2D eigenvalue weighted by Crippen LogP contribution is 2.14. The van der Waals surface area contributed by atoms with Crippen LogP contribution in [0.5, 0.6) is 0 Å². The highest BCUT2D eigenvalue weighted by molar-refractivity contribution is 14.1. The average molecular weight is 438 g/mol. The van der Waals surface area contributed by atoms with Crippen LogP contribution in [0.2, 0.25) is 5.02 Å². The van der Waals surface area contributed by atoms with Crippen LogP contribution in [0, 0.1) is 3.57 Å². The number of rotatable bonds is 4. The molecule has 3 aromatic rings. The van der Waals surface area contributed by atoms with Crippen LogP contribution in [0.1, 0.15) is 15.9 Å².